The van der Waals surface area contributed by atoms with Crippen LogP contribution in [0.3, 0.4) is 0 Å². The molecule has 0 aliphatic heterocycles. The summed E-state index contributed by atoms with van der Waals surface area (Å²) in [6.07, 6.45) is -3.53. The van der Waals surface area contributed by atoms with Crippen molar-refractivity contribution in [1.29, 1.82) is 0 Å². The summed E-state index contributed by atoms with van der Waals surface area (Å²) >= 11 is 0. The van der Waals surface area contributed by atoms with Crippen LogP contribution in [0.1, 0.15) is 17.7 Å². The van der Waals surface area contributed by atoms with Gasteiger partial charge in [-0.2, -0.15) is 13.2 Å². The van der Waals surface area contributed by atoms with Gasteiger partial charge in [-0.05, 0) is 6.07 Å². The smallest absolute Gasteiger partial charge is 0.376 e. The summed E-state index contributed by atoms with van der Waals surface area (Å²) in [7, 11) is 0. The average Bonchev–Trinajstić information content (AvgIpc) is 2.23. The molecular formula is C10H13F3N2O. The van der Waals surface area contributed by atoms with Crippen LogP contribution in [0.15, 0.2) is 18.3 Å². The van der Waals surface area contributed by atoms with Gasteiger partial charge in [-0.3, -0.25) is 4.98 Å². The van der Waals surface area contributed by atoms with Crippen LogP contribution >= 0.6 is 0 Å². The number of nitrogens with two attached hydrogens (primary N) is 1. The minimum absolute atomic E-state index is 0.108. The SMILES string of the molecule is NCc1ncccc1COCCC(F)(F)F. The lowest BCUT2D eigenvalue weighted by molar-refractivity contribution is -0.146. The molecule has 3 nitrogen and oxygen atoms in total. The highest BCUT2D eigenvalue weighted by Gasteiger charge is 2.26. The van der Waals surface area contributed by atoms with Crippen molar-refractivity contribution >= 4 is 0 Å². The number of halogens is 3. The zero-order valence-electron chi connectivity index (χ0n) is 8.63. The Kier molecular flexibility index (Phi) is 4.70. The van der Waals surface area contributed by atoms with Gasteiger partial charge in [-0.25, -0.2) is 0 Å². The number of ether oxygens (including phenoxy) is 1. The minimum atomic E-state index is -4.17. The molecule has 0 atom stereocenters. The van der Waals surface area contributed by atoms with E-state index in [1.165, 1.54) is 0 Å². The molecule has 0 bridgehead atoms. The first-order chi connectivity index (χ1) is 7.53. The van der Waals surface area contributed by atoms with Gasteiger partial charge in [-0.15, -0.1) is 0 Å². The van der Waals surface area contributed by atoms with Crippen molar-refractivity contribution in [1.82, 2.24) is 4.98 Å². The van der Waals surface area contributed by atoms with Crippen LogP contribution in [0.5, 0.6) is 0 Å². The molecule has 0 aliphatic rings. The molecule has 0 aromatic carbocycles. The number of hydrogen-bond donors (Lipinski definition) is 1. The third-order valence-corrected chi connectivity index (χ3v) is 1.97. The molecule has 0 spiro atoms. The topological polar surface area (TPSA) is 48.1 Å². The molecule has 0 saturated carbocycles. The van der Waals surface area contributed by atoms with E-state index in [9.17, 15) is 13.2 Å². The highest BCUT2D eigenvalue weighted by Crippen LogP contribution is 2.19. The van der Waals surface area contributed by atoms with Crippen LogP contribution in [0.2, 0.25) is 0 Å². The number of rotatable bonds is 5. The molecule has 1 rings (SSSR count). The van der Waals surface area contributed by atoms with Crippen molar-refractivity contribution in [3.63, 3.8) is 0 Å². The second kappa shape index (κ2) is 5.81. The average molecular weight is 234 g/mol. The molecule has 0 amide bonds. The fourth-order valence-electron chi connectivity index (χ4n) is 1.16. The maximum absolute atomic E-state index is 11.8. The van der Waals surface area contributed by atoms with E-state index >= 15 is 0 Å². The van der Waals surface area contributed by atoms with Gasteiger partial charge in [0.25, 0.3) is 0 Å². The van der Waals surface area contributed by atoms with Crippen LogP contribution in [0, 0.1) is 0 Å². The number of hydrogen-bond acceptors (Lipinski definition) is 3. The Morgan fingerprint density at radius 2 is 2.12 bits per heavy atom. The van der Waals surface area contributed by atoms with Crippen LogP contribution in [-0.4, -0.2) is 17.8 Å². The highest BCUT2D eigenvalue weighted by atomic mass is 19.4. The largest absolute Gasteiger partial charge is 0.391 e. The van der Waals surface area contributed by atoms with Gasteiger partial charge in [0.05, 0.1) is 25.3 Å². The molecule has 0 fully saturated rings. The van der Waals surface area contributed by atoms with E-state index in [1.807, 2.05) is 0 Å². The third-order valence-electron chi connectivity index (χ3n) is 1.97. The van der Waals surface area contributed by atoms with Gasteiger partial charge < -0.3 is 10.5 Å². The van der Waals surface area contributed by atoms with E-state index in [0.717, 1.165) is 5.56 Å². The van der Waals surface area contributed by atoms with Gasteiger partial charge in [0, 0.05) is 18.3 Å². The Morgan fingerprint density at radius 3 is 2.75 bits per heavy atom. The first kappa shape index (κ1) is 12.9. The Morgan fingerprint density at radius 1 is 1.38 bits per heavy atom. The molecule has 2 N–H and O–H groups in total. The normalized spacial score (nSPS) is 11.8. The fraction of sp³-hybridized carbons (Fsp3) is 0.500. The molecular weight excluding hydrogens is 221 g/mol. The van der Waals surface area contributed by atoms with Crippen LogP contribution in [0.4, 0.5) is 13.2 Å². The predicted octanol–water partition coefficient (Wildman–Crippen LogP) is 2.01. The van der Waals surface area contributed by atoms with E-state index in [0.29, 0.717) is 5.69 Å². The number of alkyl halides is 3. The van der Waals surface area contributed by atoms with Crippen molar-refractivity contribution < 1.29 is 17.9 Å². The predicted molar refractivity (Wildman–Crippen MR) is 52.5 cm³/mol. The first-order valence-corrected chi connectivity index (χ1v) is 4.80. The second-order valence-corrected chi connectivity index (χ2v) is 3.23. The Hall–Kier alpha value is -1.14. The standard InChI is InChI=1S/C10H13F3N2O/c11-10(12,13)3-5-16-7-8-2-1-4-15-9(8)6-14/h1-2,4H,3,5-7,14H2. The van der Waals surface area contributed by atoms with E-state index in [-0.39, 0.29) is 19.8 Å². The third kappa shape index (κ3) is 4.59. The summed E-state index contributed by atoms with van der Waals surface area (Å²) in [6, 6.07) is 3.43. The Labute approximate surface area is 91.4 Å². The molecule has 0 unspecified atom stereocenters. The monoisotopic (exact) mass is 234 g/mol. The molecule has 0 aliphatic carbocycles. The molecule has 6 heteroatoms. The van der Waals surface area contributed by atoms with Crippen molar-refractivity contribution in [2.24, 2.45) is 5.73 Å². The van der Waals surface area contributed by atoms with E-state index in [1.54, 1.807) is 18.3 Å². The van der Waals surface area contributed by atoms with Gasteiger partial charge in [0.2, 0.25) is 0 Å². The van der Waals surface area contributed by atoms with E-state index in [2.05, 4.69) is 4.98 Å². The summed E-state index contributed by atoms with van der Waals surface area (Å²) in [4.78, 5) is 4.00. The van der Waals surface area contributed by atoms with Gasteiger partial charge >= 0.3 is 6.18 Å². The molecule has 1 aromatic rings. The van der Waals surface area contributed by atoms with E-state index < -0.39 is 12.6 Å². The van der Waals surface area contributed by atoms with Crippen LogP contribution in [-0.2, 0) is 17.9 Å². The zero-order chi connectivity index (χ0) is 12.0. The summed E-state index contributed by atoms with van der Waals surface area (Å²) in [6.45, 7) is 0.0116. The van der Waals surface area contributed by atoms with Crippen molar-refractivity contribution in [2.75, 3.05) is 6.61 Å². The van der Waals surface area contributed by atoms with E-state index in [4.69, 9.17) is 10.5 Å². The van der Waals surface area contributed by atoms with Gasteiger partial charge in [0.1, 0.15) is 0 Å². The van der Waals surface area contributed by atoms with Crippen molar-refractivity contribution in [3.8, 4) is 0 Å². The minimum Gasteiger partial charge on any atom is -0.376 e. The molecule has 0 saturated heterocycles. The fourth-order valence-corrected chi connectivity index (χ4v) is 1.16. The number of pyridine rings is 1. The molecule has 1 heterocycles. The quantitative estimate of drug-likeness (QED) is 0.793. The lowest BCUT2D eigenvalue weighted by atomic mass is 10.2. The van der Waals surface area contributed by atoms with Crippen molar-refractivity contribution in [3.05, 3.63) is 29.6 Å². The highest BCUT2D eigenvalue weighted by molar-refractivity contribution is 5.18. The molecule has 16 heavy (non-hydrogen) atoms. The second-order valence-electron chi connectivity index (χ2n) is 3.23. The van der Waals surface area contributed by atoms with Gasteiger partial charge in [0.15, 0.2) is 0 Å². The Bertz CT molecular complexity index is 328. The lowest BCUT2D eigenvalue weighted by Gasteiger charge is -2.09. The first-order valence-electron chi connectivity index (χ1n) is 4.80. The maximum atomic E-state index is 11.8. The van der Waals surface area contributed by atoms with Gasteiger partial charge in [-0.1, -0.05) is 6.07 Å². The molecule has 0 radical (unpaired) electrons. The lowest BCUT2D eigenvalue weighted by Crippen LogP contribution is -2.12. The number of nitrogens with zero attached hydrogens (tertiary/aromatic N) is 1. The summed E-state index contributed by atoms with van der Waals surface area (Å²) in [5.74, 6) is 0. The summed E-state index contributed by atoms with van der Waals surface area (Å²) in [5, 5.41) is 0. The van der Waals surface area contributed by atoms with Crippen LogP contribution in [0.25, 0.3) is 0 Å². The summed E-state index contributed by atoms with van der Waals surface area (Å²) in [5.41, 5.74) is 6.80. The molecule has 1 aromatic heterocycles. The maximum Gasteiger partial charge on any atom is 0.391 e. The zero-order valence-corrected chi connectivity index (χ0v) is 8.63. The summed E-state index contributed by atoms with van der Waals surface area (Å²) < 4.78 is 40.4. The van der Waals surface area contributed by atoms with Crippen molar-refractivity contribution in [2.45, 2.75) is 25.7 Å². The number of aromatic nitrogens is 1. The Balaban J connectivity index is 2.37. The molecule has 90 valence electrons. The van der Waals surface area contributed by atoms with Crippen LogP contribution < -0.4 is 5.73 Å².